The number of methoxy groups -OCH3 is 1. The predicted octanol–water partition coefficient (Wildman–Crippen LogP) is 8.03. The minimum atomic E-state index is -0.351. The summed E-state index contributed by atoms with van der Waals surface area (Å²) in [5.41, 5.74) is 5.47. The van der Waals surface area contributed by atoms with Crippen LogP contribution in [0.5, 0.6) is 5.75 Å². The highest BCUT2D eigenvalue weighted by Crippen LogP contribution is 2.28. The zero-order chi connectivity index (χ0) is 31.7. The minimum absolute atomic E-state index is 0.0615. The van der Waals surface area contributed by atoms with Crippen molar-refractivity contribution in [1.82, 2.24) is 9.97 Å². The van der Waals surface area contributed by atoms with E-state index >= 15 is 0 Å². The quantitative estimate of drug-likeness (QED) is 0.123. The second-order valence-corrected chi connectivity index (χ2v) is 10.9. The molecular weight excluding hydrogens is 578 g/mol. The van der Waals surface area contributed by atoms with Gasteiger partial charge in [-0.1, -0.05) is 72.8 Å². The van der Waals surface area contributed by atoms with E-state index < -0.39 is 0 Å². The Bertz CT molecular complexity index is 1860. The van der Waals surface area contributed by atoms with E-state index in [0.717, 1.165) is 28.3 Å². The first kappa shape index (κ1) is 30.6. The van der Waals surface area contributed by atoms with Gasteiger partial charge in [0.25, 0.3) is 0 Å². The molecule has 8 heteroatoms. The number of hydrogen-bond donors (Lipinski definition) is 1. The SMILES string of the molecule is COCc1coc([C@H](Cc2ccc(OCCc3nc(-c4ccccc4)oc3C)cc2)Nc2ccccc2C(=O)c2ccccc2)n1. The number of aryl methyl sites for hydroxylation is 1. The van der Waals surface area contributed by atoms with Gasteiger partial charge in [-0.25, -0.2) is 9.97 Å². The van der Waals surface area contributed by atoms with Crippen molar-refractivity contribution < 1.29 is 23.1 Å². The third kappa shape index (κ3) is 7.42. The molecule has 0 radical (unpaired) electrons. The number of nitrogens with zero attached hydrogens (tertiary/aromatic N) is 2. The number of nitrogens with one attached hydrogen (secondary N) is 1. The number of ketones is 1. The van der Waals surface area contributed by atoms with Crippen molar-refractivity contribution in [2.75, 3.05) is 19.0 Å². The summed E-state index contributed by atoms with van der Waals surface area (Å²) in [6.45, 7) is 2.73. The largest absolute Gasteiger partial charge is 0.493 e. The molecule has 1 N–H and O–H groups in total. The van der Waals surface area contributed by atoms with E-state index in [1.165, 1.54) is 0 Å². The number of oxazole rings is 2. The zero-order valence-corrected chi connectivity index (χ0v) is 25.8. The van der Waals surface area contributed by atoms with E-state index in [2.05, 4.69) is 15.3 Å². The second-order valence-electron chi connectivity index (χ2n) is 10.9. The van der Waals surface area contributed by atoms with Gasteiger partial charge >= 0.3 is 0 Å². The number of rotatable bonds is 14. The molecule has 232 valence electrons. The molecule has 1 atom stereocenters. The maximum Gasteiger partial charge on any atom is 0.226 e. The first-order valence-electron chi connectivity index (χ1n) is 15.2. The van der Waals surface area contributed by atoms with E-state index in [1.807, 2.05) is 116 Å². The van der Waals surface area contributed by atoms with Crippen molar-refractivity contribution in [3.63, 3.8) is 0 Å². The summed E-state index contributed by atoms with van der Waals surface area (Å²) in [5, 5.41) is 3.54. The Kier molecular flexibility index (Phi) is 9.66. The Morgan fingerprint density at radius 1 is 0.870 bits per heavy atom. The first-order chi connectivity index (χ1) is 22.6. The molecule has 2 heterocycles. The lowest BCUT2D eigenvalue weighted by Crippen LogP contribution is -2.17. The number of carbonyl (C=O) groups is 1. The van der Waals surface area contributed by atoms with E-state index in [4.69, 9.17) is 18.3 Å². The van der Waals surface area contributed by atoms with E-state index in [0.29, 0.717) is 60.3 Å². The van der Waals surface area contributed by atoms with Crippen LogP contribution in [0, 0.1) is 6.92 Å². The zero-order valence-electron chi connectivity index (χ0n) is 25.8. The highest BCUT2D eigenvalue weighted by atomic mass is 16.5. The number of aromatic nitrogens is 2. The van der Waals surface area contributed by atoms with E-state index in [9.17, 15) is 4.79 Å². The monoisotopic (exact) mass is 613 g/mol. The predicted molar refractivity (Wildman–Crippen MR) is 176 cm³/mol. The number of ether oxygens (including phenoxy) is 2. The smallest absolute Gasteiger partial charge is 0.226 e. The summed E-state index contributed by atoms with van der Waals surface area (Å²) < 4.78 is 23.1. The molecule has 2 aromatic heterocycles. The fourth-order valence-electron chi connectivity index (χ4n) is 5.22. The Morgan fingerprint density at radius 2 is 1.59 bits per heavy atom. The number of benzene rings is 4. The van der Waals surface area contributed by atoms with Crippen molar-refractivity contribution in [3.8, 4) is 17.2 Å². The molecule has 0 unspecified atom stereocenters. The van der Waals surface area contributed by atoms with E-state index in [1.54, 1.807) is 13.4 Å². The average Bonchev–Trinajstić information content (AvgIpc) is 3.72. The molecule has 6 aromatic rings. The molecule has 0 aliphatic heterocycles. The molecule has 0 saturated carbocycles. The van der Waals surface area contributed by atoms with Gasteiger partial charge in [0.1, 0.15) is 29.5 Å². The lowest BCUT2D eigenvalue weighted by Gasteiger charge is -2.19. The van der Waals surface area contributed by atoms with Gasteiger partial charge in [-0.05, 0) is 48.9 Å². The van der Waals surface area contributed by atoms with E-state index in [-0.39, 0.29) is 11.8 Å². The van der Waals surface area contributed by atoms with Crippen LogP contribution in [0.4, 0.5) is 5.69 Å². The van der Waals surface area contributed by atoms with Crippen LogP contribution in [0.3, 0.4) is 0 Å². The first-order valence-corrected chi connectivity index (χ1v) is 15.2. The van der Waals surface area contributed by atoms with Crippen LogP contribution < -0.4 is 10.1 Å². The third-order valence-electron chi connectivity index (χ3n) is 7.58. The van der Waals surface area contributed by atoms with Gasteiger partial charge in [0.15, 0.2) is 5.78 Å². The highest BCUT2D eigenvalue weighted by molar-refractivity contribution is 6.12. The van der Waals surface area contributed by atoms with Gasteiger partial charge in [-0.3, -0.25) is 4.79 Å². The van der Waals surface area contributed by atoms with Gasteiger partial charge in [0.2, 0.25) is 11.8 Å². The molecule has 8 nitrogen and oxygen atoms in total. The summed E-state index contributed by atoms with van der Waals surface area (Å²) >= 11 is 0. The molecule has 6 rings (SSSR count). The fourth-order valence-corrected chi connectivity index (χ4v) is 5.22. The lowest BCUT2D eigenvalue weighted by atomic mass is 10.00. The maximum absolute atomic E-state index is 13.4. The molecule has 0 amide bonds. The summed E-state index contributed by atoms with van der Waals surface area (Å²) in [6.07, 6.45) is 2.79. The Morgan fingerprint density at radius 3 is 2.35 bits per heavy atom. The van der Waals surface area contributed by atoms with Gasteiger partial charge in [-0.2, -0.15) is 0 Å². The Hall–Kier alpha value is -5.47. The Balaban J connectivity index is 1.14. The normalized spacial score (nSPS) is 11.7. The van der Waals surface area contributed by atoms with Crippen LogP contribution in [-0.2, 0) is 24.2 Å². The molecule has 0 spiro atoms. The van der Waals surface area contributed by atoms with Crippen molar-refractivity contribution in [1.29, 1.82) is 0 Å². The van der Waals surface area contributed by atoms with Crippen molar-refractivity contribution >= 4 is 11.5 Å². The molecule has 0 saturated heterocycles. The molecule has 4 aromatic carbocycles. The number of anilines is 1. The average molecular weight is 614 g/mol. The van der Waals surface area contributed by atoms with Gasteiger partial charge < -0.3 is 23.6 Å². The molecule has 0 aliphatic carbocycles. The Labute approximate surface area is 268 Å². The topological polar surface area (TPSA) is 99.6 Å². The standard InChI is InChI=1S/C38H35N3O5/c1-26-33(41-37(46-26)29-13-7-4-8-14-29)21-22-44-31-19-17-27(18-20-31)23-35(38-39-30(24-43-2)25-45-38)40-34-16-10-9-15-32(34)36(42)28-11-5-3-6-12-28/h3-20,25,35,40H,21-24H2,1-2H3/t35-/m0/s1. The molecule has 0 fully saturated rings. The van der Waals surface area contributed by atoms with Crippen LogP contribution in [-0.4, -0.2) is 29.5 Å². The van der Waals surface area contributed by atoms with Crippen LogP contribution in [0.1, 0.15) is 50.6 Å². The summed E-state index contributed by atoms with van der Waals surface area (Å²) in [5.74, 6) is 2.62. The van der Waals surface area contributed by atoms with Crippen molar-refractivity contribution in [2.45, 2.75) is 32.4 Å². The second kappa shape index (κ2) is 14.5. The lowest BCUT2D eigenvalue weighted by molar-refractivity contribution is 0.103. The molecular formula is C38H35N3O5. The van der Waals surface area contributed by atoms with Crippen LogP contribution in [0.2, 0.25) is 0 Å². The number of para-hydroxylation sites is 1. The van der Waals surface area contributed by atoms with Gasteiger partial charge in [0.05, 0.1) is 18.9 Å². The molecule has 46 heavy (non-hydrogen) atoms. The number of carbonyl (C=O) groups excluding carboxylic acids is 1. The third-order valence-corrected chi connectivity index (χ3v) is 7.58. The summed E-state index contributed by atoms with van der Waals surface area (Å²) in [4.78, 5) is 22.7. The summed E-state index contributed by atoms with van der Waals surface area (Å²) in [7, 11) is 1.62. The van der Waals surface area contributed by atoms with Crippen LogP contribution in [0.15, 0.2) is 124 Å². The van der Waals surface area contributed by atoms with Crippen molar-refractivity contribution in [2.24, 2.45) is 0 Å². The highest BCUT2D eigenvalue weighted by Gasteiger charge is 2.22. The minimum Gasteiger partial charge on any atom is -0.493 e. The fraction of sp³-hybridized carbons (Fsp3) is 0.184. The van der Waals surface area contributed by atoms with Gasteiger partial charge in [0, 0.05) is 42.3 Å². The molecule has 0 aliphatic rings. The summed E-state index contributed by atoms with van der Waals surface area (Å²) in [6, 6.07) is 34.2. The van der Waals surface area contributed by atoms with Crippen LogP contribution in [0.25, 0.3) is 11.5 Å². The van der Waals surface area contributed by atoms with Crippen molar-refractivity contribution in [3.05, 3.63) is 155 Å². The molecule has 0 bridgehead atoms. The van der Waals surface area contributed by atoms with Crippen LogP contribution >= 0.6 is 0 Å². The maximum atomic E-state index is 13.4. The van der Waals surface area contributed by atoms with Gasteiger partial charge in [-0.15, -0.1) is 0 Å². The number of hydrogen-bond acceptors (Lipinski definition) is 8.